The van der Waals surface area contributed by atoms with Crippen molar-refractivity contribution in [2.24, 2.45) is 5.41 Å². The Labute approximate surface area is 115 Å². The molecule has 106 valence electrons. The van der Waals surface area contributed by atoms with Gasteiger partial charge >= 0.3 is 0 Å². The molecule has 4 nitrogen and oxygen atoms in total. The Morgan fingerprint density at radius 2 is 2.05 bits per heavy atom. The lowest BCUT2D eigenvalue weighted by Crippen LogP contribution is -2.16. The maximum atomic E-state index is 11.4. The minimum Gasteiger partial charge on any atom is -0.397 e. The number of benzene rings is 1. The third-order valence-corrected chi connectivity index (χ3v) is 4.95. The van der Waals surface area contributed by atoms with Gasteiger partial charge in [-0.1, -0.05) is 13.3 Å². The van der Waals surface area contributed by atoms with Crippen LogP contribution in [0.5, 0.6) is 0 Å². The van der Waals surface area contributed by atoms with Crippen LogP contribution in [0.15, 0.2) is 23.1 Å². The SMILES string of the molecule is CCCC1(CNc2ccc(S(C)(=O)=O)cc2N)CC1. The third-order valence-electron chi connectivity index (χ3n) is 3.84. The van der Waals surface area contributed by atoms with Gasteiger partial charge in [0.25, 0.3) is 0 Å². The van der Waals surface area contributed by atoms with Crippen molar-refractivity contribution in [3.8, 4) is 0 Å². The van der Waals surface area contributed by atoms with E-state index in [2.05, 4.69) is 12.2 Å². The fraction of sp³-hybridized carbons (Fsp3) is 0.571. The standard InChI is InChI=1S/C14H22N2O2S/c1-3-6-14(7-8-14)10-16-13-5-4-11(9-12(13)15)19(2,17)18/h4-5,9,16H,3,6-8,10,15H2,1-2H3. The molecule has 0 heterocycles. The molecule has 0 spiro atoms. The van der Waals surface area contributed by atoms with Crippen molar-refractivity contribution in [1.82, 2.24) is 0 Å². The molecule has 1 saturated carbocycles. The van der Waals surface area contributed by atoms with Gasteiger partial charge in [-0.15, -0.1) is 0 Å². The van der Waals surface area contributed by atoms with Gasteiger partial charge in [0.1, 0.15) is 0 Å². The fourth-order valence-electron chi connectivity index (χ4n) is 2.44. The molecule has 0 bridgehead atoms. The maximum Gasteiger partial charge on any atom is 0.175 e. The molecule has 0 radical (unpaired) electrons. The lowest BCUT2D eigenvalue weighted by Gasteiger charge is -2.17. The average molecular weight is 282 g/mol. The van der Waals surface area contributed by atoms with E-state index in [1.807, 2.05) is 0 Å². The van der Waals surface area contributed by atoms with Crippen LogP contribution in [0.25, 0.3) is 0 Å². The van der Waals surface area contributed by atoms with Crippen molar-refractivity contribution in [3.05, 3.63) is 18.2 Å². The van der Waals surface area contributed by atoms with Crippen LogP contribution in [0.3, 0.4) is 0 Å². The highest BCUT2D eigenvalue weighted by Gasteiger charge is 2.41. The molecule has 0 amide bonds. The second-order valence-corrected chi connectivity index (χ2v) is 7.64. The zero-order chi connectivity index (χ0) is 14.1. The van der Waals surface area contributed by atoms with E-state index in [-0.39, 0.29) is 4.90 Å². The summed E-state index contributed by atoms with van der Waals surface area (Å²) in [5.74, 6) is 0. The fourth-order valence-corrected chi connectivity index (χ4v) is 3.09. The highest BCUT2D eigenvalue weighted by molar-refractivity contribution is 7.90. The predicted molar refractivity (Wildman–Crippen MR) is 79.0 cm³/mol. The van der Waals surface area contributed by atoms with Gasteiger partial charge in [0.15, 0.2) is 9.84 Å². The molecule has 0 saturated heterocycles. The Kier molecular flexibility index (Phi) is 3.76. The van der Waals surface area contributed by atoms with Gasteiger partial charge in [-0.25, -0.2) is 8.42 Å². The van der Waals surface area contributed by atoms with Crippen LogP contribution in [0.2, 0.25) is 0 Å². The molecular formula is C14H22N2O2S. The smallest absolute Gasteiger partial charge is 0.175 e. The van der Waals surface area contributed by atoms with Crippen LogP contribution in [0, 0.1) is 5.41 Å². The van der Waals surface area contributed by atoms with Crippen LogP contribution < -0.4 is 11.1 Å². The summed E-state index contributed by atoms with van der Waals surface area (Å²) in [5, 5.41) is 3.36. The van der Waals surface area contributed by atoms with E-state index in [9.17, 15) is 8.42 Å². The van der Waals surface area contributed by atoms with Gasteiger partial charge in [0.2, 0.25) is 0 Å². The number of anilines is 2. The van der Waals surface area contributed by atoms with Gasteiger partial charge in [-0.05, 0) is 42.9 Å². The second-order valence-electron chi connectivity index (χ2n) is 5.62. The molecule has 2 rings (SSSR count). The molecule has 19 heavy (non-hydrogen) atoms. The molecule has 5 heteroatoms. The first-order chi connectivity index (χ1) is 8.86. The highest BCUT2D eigenvalue weighted by Crippen LogP contribution is 2.49. The van der Waals surface area contributed by atoms with E-state index in [4.69, 9.17) is 5.73 Å². The van der Waals surface area contributed by atoms with Crippen LogP contribution >= 0.6 is 0 Å². The van der Waals surface area contributed by atoms with Gasteiger partial charge in [-0.2, -0.15) is 0 Å². The lowest BCUT2D eigenvalue weighted by atomic mass is 10.0. The van der Waals surface area contributed by atoms with Gasteiger partial charge in [0, 0.05) is 12.8 Å². The molecule has 0 aliphatic heterocycles. The topological polar surface area (TPSA) is 72.2 Å². The normalized spacial score (nSPS) is 17.2. The Balaban J connectivity index is 2.06. The quantitative estimate of drug-likeness (QED) is 0.787. The van der Waals surface area contributed by atoms with Crippen LogP contribution in [-0.2, 0) is 9.84 Å². The first-order valence-corrected chi connectivity index (χ1v) is 8.59. The van der Waals surface area contributed by atoms with Gasteiger partial charge < -0.3 is 11.1 Å². The minimum atomic E-state index is -3.19. The van der Waals surface area contributed by atoms with E-state index in [1.54, 1.807) is 12.1 Å². The van der Waals surface area contributed by atoms with Crippen molar-refractivity contribution in [2.45, 2.75) is 37.5 Å². The number of sulfone groups is 1. The van der Waals surface area contributed by atoms with Crippen molar-refractivity contribution in [1.29, 1.82) is 0 Å². The molecule has 1 aliphatic carbocycles. The summed E-state index contributed by atoms with van der Waals surface area (Å²) < 4.78 is 22.9. The molecule has 1 aromatic carbocycles. The maximum absolute atomic E-state index is 11.4. The van der Waals surface area contributed by atoms with Crippen LogP contribution in [0.4, 0.5) is 11.4 Å². The summed E-state index contributed by atoms with van der Waals surface area (Å²) in [5.41, 5.74) is 7.68. The second kappa shape index (κ2) is 5.04. The largest absolute Gasteiger partial charge is 0.397 e. The number of hydrogen-bond donors (Lipinski definition) is 2. The van der Waals surface area contributed by atoms with E-state index in [0.29, 0.717) is 11.1 Å². The average Bonchev–Trinajstić information content (AvgIpc) is 3.07. The first kappa shape index (κ1) is 14.2. The lowest BCUT2D eigenvalue weighted by molar-refractivity contribution is 0.486. The minimum absolute atomic E-state index is 0.269. The molecule has 1 aliphatic rings. The zero-order valence-corrected chi connectivity index (χ0v) is 12.4. The summed E-state index contributed by atoms with van der Waals surface area (Å²) >= 11 is 0. The molecule has 0 unspecified atom stereocenters. The zero-order valence-electron chi connectivity index (χ0n) is 11.6. The Morgan fingerprint density at radius 3 is 2.53 bits per heavy atom. The first-order valence-electron chi connectivity index (χ1n) is 6.70. The van der Waals surface area contributed by atoms with E-state index < -0.39 is 9.84 Å². The van der Waals surface area contributed by atoms with E-state index >= 15 is 0 Å². The summed E-state index contributed by atoms with van der Waals surface area (Å²) in [6, 6.07) is 4.89. The molecule has 1 aromatic rings. The summed E-state index contributed by atoms with van der Waals surface area (Å²) in [7, 11) is -3.19. The molecule has 0 aromatic heterocycles. The Hall–Kier alpha value is -1.23. The third kappa shape index (κ3) is 3.41. The Bertz CT molecular complexity index is 563. The number of nitrogens with two attached hydrogens (primary N) is 1. The predicted octanol–water partition coefficient (Wildman–Crippen LogP) is 2.66. The van der Waals surface area contributed by atoms with Gasteiger partial charge in [-0.3, -0.25) is 0 Å². The van der Waals surface area contributed by atoms with E-state index in [0.717, 1.165) is 12.2 Å². The molecule has 1 fully saturated rings. The monoisotopic (exact) mass is 282 g/mol. The highest BCUT2D eigenvalue weighted by atomic mass is 32.2. The van der Waals surface area contributed by atoms with Crippen molar-refractivity contribution < 1.29 is 8.42 Å². The molecule has 0 atom stereocenters. The summed E-state index contributed by atoms with van der Waals surface area (Å²) in [6.07, 6.45) is 6.17. The van der Waals surface area contributed by atoms with E-state index in [1.165, 1.54) is 38.0 Å². The number of rotatable bonds is 6. The van der Waals surface area contributed by atoms with Crippen LogP contribution in [-0.4, -0.2) is 21.2 Å². The molecule has 3 N–H and O–H groups in total. The van der Waals surface area contributed by atoms with Gasteiger partial charge in [0.05, 0.1) is 16.3 Å². The van der Waals surface area contributed by atoms with Crippen molar-refractivity contribution >= 4 is 21.2 Å². The van der Waals surface area contributed by atoms with Crippen molar-refractivity contribution in [3.63, 3.8) is 0 Å². The van der Waals surface area contributed by atoms with Crippen molar-refractivity contribution in [2.75, 3.05) is 23.9 Å². The summed E-state index contributed by atoms with van der Waals surface area (Å²) in [4.78, 5) is 0.269. The number of hydrogen-bond acceptors (Lipinski definition) is 4. The molecular weight excluding hydrogens is 260 g/mol. The summed E-state index contributed by atoms with van der Waals surface area (Å²) in [6.45, 7) is 3.12. The number of nitrogen functional groups attached to an aromatic ring is 1. The Morgan fingerprint density at radius 1 is 1.37 bits per heavy atom. The number of nitrogens with one attached hydrogen (secondary N) is 1. The van der Waals surface area contributed by atoms with Crippen LogP contribution in [0.1, 0.15) is 32.6 Å².